The summed E-state index contributed by atoms with van der Waals surface area (Å²) >= 11 is 10.8. The van der Waals surface area contributed by atoms with Crippen LogP contribution < -0.4 is 5.32 Å². The van der Waals surface area contributed by atoms with Gasteiger partial charge in [0.1, 0.15) is 12.7 Å². The van der Waals surface area contributed by atoms with Gasteiger partial charge >= 0.3 is 0 Å². The number of rotatable bonds is 4. The molecule has 4 nitrogen and oxygen atoms in total. The second-order valence-electron chi connectivity index (χ2n) is 2.44. The first-order valence-electron chi connectivity index (χ1n) is 3.70. The maximum Gasteiger partial charge on any atom is 0.261 e. The number of alkyl halides is 3. The van der Waals surface area contributed by atoms with E-state index in [0.717, 1.165) is 0 Å². The van der Waals surface area contributed by atoms with Gasteiger partial charge in [0.15, 0.2) is 0 Å². The van der Waals surface area contributed by atoms with Crippen LogP contribution in [-0.4, -0.2) is 34.1 Å². The van der Waals surface area contributed by atoms with Crippen molar-refractivity contribution in [3.05, 3.63) is 10.6 Å². The van der Waals surface area contributed by atoms with Gasteiger partial charge in [-0.25, -0.2) is 13.2 Å². The van der Waals surface area contributed by atoms with E-state index < -0.39 is 19.1 Å². The van der Waals surface area contributed by atoms with Crippen molar-refractivity contribution in [3.8, 4) is 0 Å². The maximum absolute atomic E-state index is 12.1. The summed E-state index contributed by atoms with van der Waals surface area (Å²) in [6, 6.07) is -1.69. The van der Waals surface area contributed by atoms with Crippen molar-refractivity contribution in [1.29, 1.82) is 0 Å². The second-order valence-corrected chi connectivity index (χ2v) is 3.11. The fourth-order valence-corrected chi connectivity index (χ4v) is 1.09. The van der Waals surface area contributed by atoms with E-state index in [4.69, 9.17) is 23.2 Å². The number of anilines is 1. The smallest absolute Gasteiger partial charge is 0.261 e. The standard InChI is InChI=1S/C6H5Cl2F3N4/c7-4-13-5(8)15-6(14-4)12-2(1-9)3(10)11/h2-3H,1H2,(H,12,13,14,15). The third-order valence-corrected chi connectivity index (χ3v) is 1.70. The van der Waals surface area contributed by atoms with Crippen LogP contribution >= 0.6 is 23.2 Å². The Kier molecular flexibility index (Phi) is 4.34. The van der Waals surface area contributed by atoms with Crippen LogP contribution in [0.3, 0.4) is 0 Å². The van der Waals surface area contributed by atoms with Crippen LogP contribution in [0, 0.1) is 0 Å². The van der Waals surface area contributed by atoms with Gasteiger partial charge in [-0.05, 0) is 23.2 Å². The molecule has 1 atom stereocenters. The van der Waals surface area contributed by atoms with E-state index in [9.17, 15) is 13.2 Å². The monoisotopic (exact) mass is 260 g/mol. The average molecular weight is 261 g/mol. The molecular weight excluding hydrogens is 256 g/mol. The molecule has 0 aliphatic rings. The van der Waals surface area contributed by atoms with Gasteiger partial charge < -0.3 is 5.32 Å². The highest BCUT2D eigenvalue weighted by Crippen LogP contribution is 2.13. The number of nitrogens with one attached hydrogen (secondary N) is 1. The summed E-state index contributed by atoms with van der Waals surface area (Å²) in [5.41, 5.74) is 0. The summed E-state index contributed by atoms with van der Waals surface area (Å²) in [5, 5.41) is 1.53. The molecule has 1 aromatic heterocycles. The summed E-state index contributed by atoms with van der Waals surface area (Å²) in [4.78, 5) is 10.3. The molecule has 0 spiro atoms. The first kappa shape index (κ1) is 12.3. The lowest BCUT2D eigenvalue weighted by Crippen LogP contribution is -2.30. The highest BCUT2D eigenvalue weighted by atomic mass is 35.5. The van der Waals surface area contributed by atoms with Crippen molar-refractivity contribution in [2.24, 2.45) is 0 Å². The predicted molar refractivity (Wildman–Crippen MR) is 49.2 cm³/mol. The van der Waals surface area contributed by atoms with Gasteiger partial charge in [0.2, 0.25) is 16.5 Å². The first-order valence-corrected chi connectivity index (χ1v) is 4.46. The van der Waals surface area contributed by atoms with Crippen molar-refractivity contribution < 1.29 is 13.2 Å². The molecule has 0 aliphatic heterocycles. The zero-order chi connectivity index (χ0) is 11.4. The van der Waals surface area contributed by atoms with Crippen LogP contribution in [0.4, 0.5) is 19.1 Å². The maximum atomic E-state index is 12.1. The zero-order valence-corrected chi connectivity index (χ0v) is 8.61. The van der Waals surface area contributed by atoms with Crippen molar-refractivity contribution >= 4 is 29.2 Å². The molecule has 1 heterocycles. The van der Waals surface area contributed by atoms with Crippen LogP contribution in [0.2, 0.25) is 10.6 Å². The van der Waals surface area contributed by atoms with Gasteiger partial charge in [-0.1, -0.05) is 0 Å². The number of hydrogen-bond acceptors (Lipinski definition) is 4. The molecule has 1 N–H and O–H groups in total. The third-order valence-electron chi connectivity index (χ3n) is 1.37. The highest BCUT2D eigenvalue weighted by Gasteiger charge is 2.21. The summed E-state index contributed by atoms with van der Waals surface area (Å²) in [6.07, 6.45) is -2.88. The quantitative estimate of drug-likeness (QED) is 0.902. The summed E-state index contributed by atoms with van der Waals surface area (Å²) in [7, 11) is 0. The van der Waals surface area contributed by atoms with Gasteiger partial charge in [0.25, 0.3) is 6.43 Å². The molecule has 1 rings (SSSR count). The Balaban J connectivity index is 2.79. The van der Waals surface area contributed by atoms with E-state index in [0.29, 0.717) is 0 Å². The minimum absolute atomic E-state index is 0.260. The predicted octanol–water partition coefficient (Wildman–Crippen LogP) is 2.19. The number of halogens is 5. The first-order chi connectivity index (χ1) is 7.02. The highest BCUT2D eigenvalue weighted by molar-refractivity contribution is 6.31. The summed E-state index contributed by atoms with van der Waals surface area (Å²) in [5.74, 6) is -0.289. The number of nitrogens with zero attached hydrogens (tertiary/aromatic N) is 3. The average Bonchev–Trinajstić information content (AvgIpc) is 2.12. The van der Waals surface area contributed by atoms with Crippen LogP contribution in [0.25, 0.3) is 0 Å². The van der Waals surface area contributed by atoms with Gasteiger partial charge in [-0.3, -0.25) is 0 Å². The molecule has 0 bridgehead atoms. The molecule has 9 heteroatoms. The normalized spacial score (nSPS) is 12.9. The molecule has 84 valence electrons. The van der Waals surface area contributed by atoms with Crippen molar-refractivity contribution in [1.82, 2.24) is 15.0 Å². The van der Waals surface area contributed by atoms with Crippen LogP contribution in [0.1, 0.15) is 0 Å². The summed E-state index contributed by atoms with van der Waals surface area (Å²) in [6.45, 7) is -1.27. The Bertz CT molecular complexity index is 318. The van der Waals surface area contributed by atoms with Gasteiger partial charge in [-0.15, -0.1) is 0 Å². The van der Waals surface area contributed by atoms with Crippen LogP contribution in [-0.2, 0) is 0 Å². The van der Waals surface area contributed by atoms with E-state index in [-0.39, 0.29) is 16.5 Å². The molecule has 1 unspecified atom stereocenters. The van der Waals surface area contributed by atoms with Crippen LogP contribution in [0.5, 0.6) is 0 Å². The molecule has 0 radical (unpaired) electrons. The van der Waals surface area contributed by atoms with Crippen molar-refractivity contribution in [2.75, 3.05) is 12.0 Å². The number of aromatic nitrogens is 3. The van der Waals surface area contributed by atoms with E-state index in [1.54, 1.807) is 0 Å². The van der Waals surface area contributed by atoms with Gasteiger partial charge in [0.05, 0.1) is 0 Å². The van der Waals surface area contributed by atoms with Gasteiger partial charge in [0, 0.05) is 0 Å². The minimum atomic E-state index is -2.88. The van der Waals surface area contributed by atoms with Gasteiger partial charge in [-0.2, -0.15) is 15.0 Å². The SMILES string of the molecule is FCC(Nc1nc(Cl)nc(Cl)n1)C(F)F. The molecule has 0 amide bonds. The van der Waals surface area contributed by atoms with Crippen molar-refractivity contribution in [2.45, 2.75) is 12.5 Å². The van der Waals surface area contributed by atoms with E-state index in [1.807, 2.05) is 0 Å². The minimum Gasteiger partial charge on any atom is -0.343 e. The lowest BCUT2D eigenvalue weighted by Gasteiger charge is -2.13. The number of hydrogen-bond donors (Lipinski definition) is 1. The van der Waals surface area contributed by atoms with E-state index >= 15 is 0 Å². The van der Waals surface area contributed by atoms with E-state index in [1.165, 1.54) is 0 Å². The molecule has 0 saturated carbocycles. The van der Waals surface area contributed by atoms with Crippen molar-refractivity contribution in [3.63, 3.8) is 0 Å². The molecule has 0 fully saturated rings. The van der Waals surface area contributed by atoms with E-state index in [2.05, 4.69) is 20.3 Å². The summed E-state index contributed by atoms with van der Waals surface area (Å²) < 4.78 is 36.4. The molecule has 0 saturated heterocycles. The molecule has 1 aromatic rings. The zero-order valence-electron chi connectivity index (χ0n) is 7.09. The molecular formula is C6H5Cl2F3N4. The fourth-order valence-electron chi connectivity index (χ4n) is 0.725. The Morgan fingerprint density at radius 1 is 1.13 bits per heavy atom. The Morgan fingerprint density at radius 2 is 1.67 bits per heavy atom. The lowest BCUT2D eigenvalue weighted by molar-refractivity contribution is 0.112. The lowest BCUT2D eigenvalue weighted by atomic mass is 10.3. The molecule has 15 heavy (non-hydrogen) atoms. The fraction of sp³-hybridized carbons (Fsp3) is 0.500. The largest absolute Gasteiger partial charge is 0.343 e. The second kappa shape index (κ2) is 5.32. The molecule has 0 aromatic carbocycles. The topological polar surface area (TPSA) is 50.7 Å². The Hall–Kier alpha value is -0.820. The Morgan fingerprint density at radius 3 is 2.07 bits per heavy atom. The third kappa shape index (κ3) is 3.67. The van der Waals surface area contributed by atoms with Crippen LogP contribution in [0.15, 0.2) is 0 Å². The Labute approximate surface area is 92.8 Å². The molecule has 0 aliphatic carbocycles.